The van der Waals surface area contributed by atoms with Gasteiger partial charge >= 0.3 is 0 Å². The highest BCUT2D eigenvalue weighted by atomic mass is 15.3. The summed E-state index contributed by atoms with van der Waals surface area (Å²) in [4.78, 5) is 4.63. The van der Waals surface area contributed by atoms with Crippen LogP contribution in [-0.4, -0.2) is 43.2 Å². The molecule has 4 nitrogen and oxygen atoms in total. The number of hydrogen-bond donors (Lipinski definition) is 1. The highest BCUT2D eigenvalue weighted by Crippen LogP contribution is 2.29. The summed E-state index contributed by atoms with van der Waals surface area (Å²) in [6.07, 6.45) is 0. The van der Waals surface area contributed by atoms with Crippen molar-refractivity contribution >= 4 is 5.69 Å². The topological polar surface area (TPSA) is 56.3 Å². The zero-order chi connectivity index (χ0) is 14.0. The largest absolute Gasteiger partial charge is 0.367 e. The average molecular weight is 258 g/mol. The van der Waals surface area contributed by atoms with Crippen molar-refractivity contribution in [2.24, 2.45) is 5.73 Å². The summed E-state index contributed by atoms with van der Waals surface area (Å²) >= 11 is 0. The average Bonchev–Trinajstić information content (AvgIpc) is 2.41. The van der Waals surface area contributed by atoms with Gasteiger partial charge in [-0.2, -0.15) is 5.26 Å². The van der Waals surface area contributed by atoms with Crippen LogP contribution < -0.4 is 10.6 Å². The van der Waals surface area contributed by atoms with Crippen LogP contribution in [0.4, 0.5) is 5.69 Å². The van der Waals surface area contributed by atoms with Gasteiger partial charge in [-0.15, -0.1) is 0 Å². The summed E-state index contributed by atoms with van der Waals surface area (Å²) in [7, 11) is 2.13. The lowest BCUT2D eigenvalue weighted by atomic mass is 9.94. The van der Waals surface area contributed by atoms with E-state index < -0.39 is 0 Å². The third-order valence-electron chi connectivity index (χ3n) is 4.15. The van der Waals surface area contributed by atoms with Crippen LogP contribution in [0.3, 0.4) is 0 Å². The SMILES string of the molecule is CN1C(CN)CN(c2ccccc2C#N)CC1(C)C. The number of nitrogens with two attached hydrogens (primary N) is 1. The van der Waals surface area contributed by atoms with Gasteiger partial charge in [-0.25, -0.2) is 0 Å². The Hall–Kier alpha value is -1.57. The number of hydrogen-bond acceptors (Lipinski definition) is 4. The quantitative estimate of drug-likeness (QED) is 0.871. The van der Waals surface area contributed by atoms with E-state index in [1.54, 1.807) is 0 Å². The first kappa shape index (κ1) is 13.9. The molecule has 1 saturated heterocycles. The van der Waals surface area contributed by atoms with E-state index in [0.717, 1.165) is 24.3 Å². The number of likely N-dealkylation sites (N-methyl/N-ethyl adjacent to an activating group) is 1. The smallest absolute Gasteiger partial charge is 0.101 e. The summed E-state index contributed by atoms with van der Waals surface area (Å²) in [5.41, 5.74) is 7.69. The van der Waals surface area contributed by atoms with Crippen LogP contribution in [0.15, 0.2) is 24.3 Å². The molecule has 1 heterocycles. The minimum absolute atomic E-state index is 0.0465. The maximum atomic E-state index is 9.24. The second-order valence-electron chi connectivity index (χ2n) is 5.82. The van der Waals surface area contributed by atoms with Gasteiger partial charge in [0.25, 0.3) is 0 Å². The zero-order valence-electron chi connectivity index (χ0n) is 11.9. The first-order valence-corrected chi connectivity index (χ1v) is 6.66. The Labute approximate surface area is 115 Å². The molecule has 0 saturated carbocycles. The molecular formula is C15H22N4. The normalized spacial score (nSPS) is 23.1. The Kier molecular flexibility index (Phi) is 3.79. The second-order valence-corrected chi connectivity index (χ2v) is 5.82. The predicted octanol–water partition coefficient (Wildman–Crippen LogP) is 1.42. The highest BCUT2D eigenvalue weighted by Gasteiger charge is 2.37. The predicted molar refractivity (Wildman–Crippen MR) is 78.1 cm³/mol. The molecule has 1 unspecified atom stereocenters. The van der Waals surface area contributed by atoms with Gasteiger partial charge in [0.15, 0.2) is 0 Å². The summed E-state index contributed by atoms with van der Waals surface area (Å²) in [6.45, 7) is 6.84. The molecule has 19 heavy (non-hydrogen) atoms. The molecule has 4 heteroatoms. The fourth-order valence-corrected chi connectivity index (χ4v) is 2.77. The van der Waals surface area contributed by atoms with E-state index in [9.17, 15) is 5.26 Å². The van der Waals surface area contributed by atoms with E-state index in [2.05, 4.69) is 36.8 Å². The standard InChI is InChI=1S/C15H22N4/c1-15(2)11-19(10-13(9-17)18(15)3)14-7-5-4-6-12(14)8-16/h4-7,13H,9-11,17H2,1-3H3. The van der Waals surface area contributed by atoms with Gasteiger partial charge in [-0.1, -0.05) is 12.1 Å². The fourth-order valence-electron chi connectivity index (χ4n) is 2.77. The van der Waals surface area contributed by atoms with Gasteiger partial charge in [0.1, 0.15) is 6.07 Å². The van der Waals surface area contributed by atoms with E-state index in [1.807, 2.05) is 24.3 Å². The molecule has 1 aliphatic heterocycles. The number of piperazine rings is 1. The minimum atomic E-state index is 0.0465. The summed E-state index contributed by atoms with van der Waals surface area (Å²) in [6, 6.07) is 10.4. The lowest BCUT2D eigenvalue weighted by Crippen LogP contribution is -2.64. The number of benzene rings is 1. The summed E-state index contributed by atoms with van der Waals surface area (Å²) < 4.78 is 0. The van der Waals surface area contributed by atoms with Crippen LogP contribution in [0.2, 0.25) is 0 Å². The van der Waals surface area contributed by atoms with Crippen molar-refractivity contribution in [2.75, 3.05) is 31.6 Å². The molecule has 0 aliphatic carbocycles. The maximum Gasteiger partial charge on any atom is 0.101 e. The molecule has 0 amide bonds. The molecular weight excluding hydrogens is 236 g/mol. The van der Waals surface area contributed by atoms with Crippen molar-refractivity contribution in [3.63, 3.8) is 0 Å². The van der Waals surface area contributed by atoms with Crippen molar-refractivity contribution in [1.29, 1.82) is 5.26 Å². The summed E-state index contributed by atoms with van der Waals surface area (Å²) in [5, 5.41) is 9.24. The van der Waals surface area contributed by atoms with Crippen molar-refractivity contribution < 1.29 is 0 Å². The van der Waals surface area contributed by atoms with E-state index in [1.165, 1.54) is 0 Å². The Morgan fingerprint density at radius 1 is 1.42 bits per heavy atom. The number of nitrogens with zero attached hydrogens (tertiary/aromatic N) is 3. The molecule has 1 fully saturated rings. The lowest BCUT2D eigenvalue weighted by molar-refractivity contribution is 0.0845. The zero-order valence-corrected chi connectivity index (χ0v) is 11.9. The van der Waals surface area contributed by atoms with E-state index in [4.69, 9.17) is 5.73 Å². The van der Waals surface area contributed by atoms with Crippen LogP contribution in [0.5, 0.6) is 0 Å². The van der Waals surface area contributed by atoms with E-state index in [-0.39, 0.29) is 5.54 Å². The van der Waals surface area contributed by atoms with Crippen molar-refractivity contribution in [3.8, 4) is 6.07 Å². The van der Waals surface area contributed by atoms with Crippen molar-refractivity contribution in [2.45, 2.75) is 25.4 Å². The number of para-hydroxylation sites is 1. The highest BCUT2D eigenvalue weighted by molar-refractivity contribution is 5.60. The lowest BCUT2D eigenvalue weighted by Gasteiger charge is -2.50. The Balaban J connectivity index is 2.33. The molecule has 102 valence electrons. The molecule has 2 rings (SSSR count). The molecule has 2 N–H and O–H groups in total. The van der Waals surface area contributed by atoms with Gasteiger partial charge < -0.3 is 10.6 Å². The van der Waals surface area contributed by atoms with Crippen LogP contribution in [0.25, 0.3) is 0 Å². The number of nitriles is 1. The van der Waals surface area contributed by atoms with Crippen LogP contribution >= 0.6 is 0 Å². The molecule has 0 aromatic heterocycles. The Bertz CT molecular complexity index is 489. The van der Waals surface area contributed by atoms with Gasteiger partial charge in [0.05, 0.1) is 11.3 Å². The van der Waals surface area contributed by atoms with Crippen molar-refractivity contribution in [1.82, 2.24) is 4.90 Å². The first-order chi connectivity index (χ1) is 8.99. The third kappa shape index (κ3) is 2.58. The van der Waals surface area contributed by atoms with Gasteiger partial charge in [-0.05, 0) is 33.0 Å². The van der Waals surface area contributed by atoms with Gasteiger partial charge in [0.2, 0.25) is 0 Å². The van der Waals surface area contributed by atoms with E-state index in [0.29, 0.717) is 12.6 Å². The van der Waals surface area contributed by atoms with Gasteiger partial charge in [-0.3, -0.25) is 4.90 Å². The van der Waals surface area contributed by atoms with Gasteiger partial charge in [0, 0.05) is 31.2 Å². The van der Waals surface area contributed by atoms with E-state index >= 15 is 0 Å². The van der Waals surface area contributed by atoms with Crippen LogP contribution in [0.1, 0.15) is 19.4 Å². The molecule has 0 bridgehead atoms. The fraction of sp³-hybridized carbons (Fsp3) is 0.533. The third-order valence-corrected chi connectivity index (χ3v) is 4.15. The Morgan fingerprint density at radius 3 is 2.74 bits per heavy atom. The first-order valence-electron chi connectivity index (χ1n) is 6.66. The number of rotatable bonds is 2. The molecule has 1 aromatic rings. The monoisotopic (exact) mass is 258 g/mol. The number of anilines is 1. The van der Waals surface area contributed by atoms with Crippen LogP contribution in [-0.2, 0) is 0 Å². The molecule has 1 aromatic carbocycles. The maximum absolute atomic E-state index is 9.24. The Morgan fingerprint density at radius 2 is 2.11 bits per heavy atom. The molecule has 0 spiro atoms. The summed E-state index contributed by atoms with van der Waals surface area (Å²) in [5.74, 6) is 0. The van der Waals surface area contributed by atoms with Crippen LogP contribution in [0, 0.1) is 11.3 Å². The molecule has 0 radical (unpaired) electrons. The van der Waals surface area contributed by atoms with Crippen molar-refractivity contribution in [3.05, 3.63) is 29.8 Å². The molecule has 1 aliphatic rings. The second kappa shape index (κ2) is 5.20. The minimum Gasteiger partial charge on any atom is -0.367 e. The molecule has 1 atom stereocenters.